The molecule has 0 aromatic heterocycles. The van der Waals surface area contributed by atoms with E-state index in [1.807, 2.05) is 0 Å². The van der Waals surface area contributed by atoms with Crippen molar-refractivity contribution in [3.05, 3.63) is 0 Å². The predicted octanol–water partition coefficient (Wildman–Crippen LogP) is -6.93. The molecule has 18 nitrogen and oxygen atoms in total. The molecule has 0 aromatic carbocycles. The number of nitrogens with one attached hydrogen (secondary N) is 1. The fourth-order valence-electron chi connectivity index (χ4n) is 4.46. The summed E-state index contributed by atoms with van der Waals surface area (Å²) in [5.74, 6) is -0.632. The van der Waals surface area contributed by atoms with Gasteiger partial charge in [-0.2, -0.15) is 0 Å². The Hall–Kier alpha value is -1.17. The smallest absolute Gasteiger partial charge is 0.217 e. The van der Waals surface area contributed by atoms with Crippen LogP contribution in [0.2, 0.25) is 0 Å². The van der Waals surface area contributed by atoms with Crippen LogP contribution in [-0.4, -0.2) is 169 Å². The fraction of sp³-hybridized carbons (Fsp3) is 0.950. The molecule has 38 heavy (non-hydrogen) atoms. The molecule has 0 aliphatic carbocycles. The van der Waals surface area contributed by atoms with Crippen molar-refractivity contribution < 1.29 is 84.6 Å². The van der Waals surface area contributed by atoms with Crippen molar-refractivity contribution in [3.8, 4) is 0 Å². The Morgan fingerprint density at radius 2 is 1.34 bits per heavy atom. The Kier molecular flexibility index (Phi) is 11.1. The maximum absolute atomic E-state index is 11.5. The highest BCUT2D eigenvalue weighted by Crippen LogP contribution is 2.31. The first-order valence-corrected chi connectivity index (χ1v) is 11.7. The third kappa shape index (κ3) is 6.58. The van der Waals surface area contributed by atoms with Crippen LogP contribution in [0, 0.1) is 0 Å². The van der Waals surface area contributed by atoms with Crippen LogP contribution >= 0.6 is 0 Å². The lowest BCUT2D eigenvalue weighted by atomic mass is 9.95. The largest absolute Gasteiger partial charge is 0.394 e. The Labute approximate surface area is 215 Å². The molecule has 0 bridgehead atoms. The van der Waals surface area contributed by atoms with E-state index in [4.69, 9.17) is 23.7 Å². The molecule has 222 valence electrons. The zero-order chi connectivity index (χ0) is 28.3. The van der Waals surface area contributed by atoms with Gasteiger partial charge in [-0.15, -0.1) is 0 Å². The minimum atomic E-state index is -1.88. The third-order valence-corrected chi connectivity index (χ3v) is 6.57. The highest BCUT2D eigenvalue weighted by atomic mass is 17.1. The number of hydrogen-bond donors (Lipinski definition) is 11. The molecule has 3 aliphatic rings. The number of rotatable bonds is 9. The van der Waals surface area contributed by atoms with Crippen molar-refractivity contribution in [1.29, 1.82) is 0 Å². The molecule has 0 unspecified atom stereocenters. The highest BCUT2D eigenvalue weighted by molar-refractivity contribution is 5.73. The Morgan fingerprint density at radius 3 is 1.92 bits per heavy atom. The van der Waals surface area contributed by atoms with Crippen LogP contribution in [-0.2, 0) is 33.4 Å². The first-order valence-electron chi connectivity index (χ1n) is 11.7. The Morgan fingerprint density at radius 1 is 0.737 bits per heavy atom. The lowest BCUT2D eigenvalue weighted by Gasteiger charge is -2.47. The average molecular weight is 561 g/mol. The third-order valence-electron chi connectivity index (χ3n) is 6.57. The Bertz CT molecular complexity index is 761. The summed E-state index contributed by atoms with van der Waals surface area (Å²) in [6.45, 7) is -1.02. The normalized spacial score (nSPS) is 48.0. The van der Waals surface area contributed by atoms with Gasteiger partial charge in [0.05, 0.1) is 19.8 Å². The van der Waals surface area contributed by atoms with E-state index < -0.39 is 118 Å². The summed E-state index contributed by atoms with van der Waals surface area (Å²) < 4.78 is 26.9. The molecule has 3 aliphatic heterocycles. The Balaban J connectivity index is 1.73. The number of aliphatic hydroxyl groups excluding tert-OH is 9. The van der Waals surface area contributed by atoms with Gasteiger partial charge in [-0.05, 0) is 0 Å². The van der Waals surface area contributed by atoms with Crippen LogP contribution < -0.4 is 5.32 Å². The van der Waals surface area contributed by atoms with Crippen LogP contribution in [0.1, 0.15) is 6.92 Å². The van der Waals surface area contributed by atoms with Gasteiger partial charge >= 0.3 is 0 Å². The first-order chi connectivity index (χ1) is 17.9. The van der Waals surface area contributed by atoms with Crippen molar-refractivity contribution in [1.82, 2.24) is 5.32 Å². The molecule has 1 amide bonds. The lowest BCUT2D eigenvalue weighted by Crippen LogP contribution is -2.67. The molecule has 3 fully saturated rings. The molecule has 3 heterocycles. The van der Waals surface area contributed by atoms with Crippen LogP contribution in [0.3, 0.4) is 0 Å². The number of ether oxygens (including phenoxy) is 5. The lowest BCUT2D eigenvalue weighted by molar-refractivity contribution is -0.406. The van der Waals surface area contributed by atoms with Crippen molar-refractivity contribution in [2.75, 3.05) is 19.8 Å². The van der Waals surface area contributed by atoms with Crippen molar-refractivity contribution in [2.24, 2.45) is 0 Å². The summed E-state index contributed by atoms with van der Waals surface area (Å²) in [5, 5.41) is 102. The standard InChI is InChI=1S/C20H35NO17/c1-5(24)21-9-12(27)16(7(3-23)34-18(9)31)37-20-17(38-32)14(29)11(26)8(36-20)4-33-19-15(30)13(28)10(25)6(2-22)35-19/h6-20,22-23,25-32H,2-4H2,1H3,(H,21,24)/t6-,7-,8-,9-,10-,11-,12-,13+,14+,15+,16-,17+,18-,19+,20+/m1/s1. The average Bonchev–Trinajstić information content (AvgIpc) is 2.88. The van der Waals surface area contributed by atoms with E-state index in [1.165, 1.54) is 0 Å². The molecular weight excluding hydrogens is 526 g/mol. The van der Waals surface area contributed by atoms with E-state index >= 15 is 0 Å². The summed E-state index contributed by atoms with van der Waals surface area (Å²) >= 11 is 0. The van der Waals surface area contributed by atoms with E-state index in [0.29, 0.717) is 0 Å². The van der Waals surface area contributed by atoms with Crippen LogP contribution in [0.25, 0.3) is 0 Å². The molecule has 0 saturated carbocycles. The zero-order valence-electron chi connectivity index (χ0n) is 20.1. The molecule has 0 aromatic rings. The van der Waals surface area contributed by atoms with E-state index in [-0.39, 0.29) is 0 Å². The van der Waals surface area contributed by atoms with Gasteiger partial charge in [0.1, 0.15) is 67.1 Å². The predicted molar refractivity (Wildman–Crippen MR) is 114 cm³/mol. The van der Waals surface area contributed by atoms with E-state index in [9.17, 15) is 56.0 Å². The summed E-state index contributed by atoms with van der Waals surface area (Å²) in [7, 11) is 0. The summed E-state index contributed by atoms with van der Waals surface area (Å²) in [4.78, 5) is 15.7. The van der Waals surface area contributed by atoms with E-state index in [2.05, 4.69) is 10.2 Å². The van der Waals surface area contributed by atoms with Gasteiger partial charge in [0.2, 0.25) is 5.91 Å². The molecule has 0 spiro atoms. The quantitative estimate of drug-likeness (QED) is 0.0920. The van der Waals surface area contributed by atoms with Gasteiger partial charge in [0, 0.05) is 6.92 Å². The number of aliphatic hydroxyl groups is 9. The number of carbonyl (C=O) groups is 1. The zero-order valence-corrected chi connectivity index (χ0v) is 20.1. The van der Waals surface area contributed by atoms with Crippen molar-refractivity contribution in [2.45, 2.75) is 99.0 Å². The van der Waals surface area contributed by atoms with Gasteiger partial charge in [-0.25, -0.2) is 4.89 Å². The topological polar surface area (TPSA) is 287 Å². The van der Waals surface area contributed by atoms with Crippen molar-refractivity contribution in [3.63, 3.8) is 0 Å². The maximum Gasteiger partial charge on any atom is 0.217 e. The van der Waals surface area contributed by atoms with Crippen LogP contribution in [0.4, 0.5) is 0 Å². The molecule has 0 radical (unpaired) electrons. The molecular formula is C20H35NO17. The number of carbonyl (C=O) groups excluding carboxylic acids is 1. The molecule has 11 N–H and O–H groups in total. The first kappa shape index (κ1) is 31.4. The molecule has 3 saturated heterocycles. The summed E-state index contributed by atoms with van der Waals surface area (Å²) in [6, 6.07) is -1.40. The minimum Gasteiger partial charge on any atom is -0.394 e. The van der Waals surface area contributed by atoms with Gasteiger partial charge in [-0.1, -0.05) is 0 Å². The van der Waals surface area contributed by atoms with E-state index in [0.717, 1.165) is 6.92 Å². The molecule has 3 rings (SSSR count). The van der Waals surface area contributed by atoms with Gasteiger partial charge in [0.15, 0.2) is 25.0 Å². The second kappa shape index (κ2) is 13.5. The van der Waals surface area contributed by atoms with Gasteiger partial charge < -0.3 is 75.0 Å². The molecule has 18 heteroatoms. The van der Waals surface area contributed by atoms with Crippen molar-refractivity contribution >= 4 is 5.91 Å². The van der Waals surface area contributed by atoms with Gasteiger partial charge in [0.25, 0.3) is 0 Å². The second-order valence-electron chi connectivity index (χ2n) is 9.19. The second-order valence-corrected chi connectivity index (χ2v) is 9.19. The summed E-state index contributed by atoms with van der Waals surface area (Å²) in [6.07, 6.45) is -23.0. The van der Waals surface area contributed by atoms with Crippen LogP contribution in [0.15, 0.2) is 0 Å². The highest BCUT2D eigenvalue weighted by Gasteiger charge is 2.52. The number of hydrogen-bond acceptors (Lipinski definition) is 17. The van der Waals surface area contributed by atoms with Crippen LogP contribution in [0.5, 0.6) is 0 Å². The monoisotopic (exact) mass is 561 g/mol. The SMILES string of the molecule is CC(=O)N[C@@H]1[C@@H](O)[C@H](O[C@@H]2O[C@H](CO[C@H]3O[C@H](CO)[C@@H](O)[C@H](O)[C@@H]3O)[C@@H](O)[C@H](O)[C@@H]2OO)[C@@H](CO)O[C@H]1O. The fourth-order valence-corrected chi connectivity index (χ4v) is 4.46. The van der Waals surface area contributed by atoms with Gasteiger partial charge in [-0.3, -0.25) is 10.1 Å². The minimum absolute atomic E-state index is 0.632. The van der Waals surface area contributed by atoms with E-state index in [1.54, 1.807) is 0 Å². The summed E-state index contributed by atoms with van der Waals surface area (Å²) in [5.41, 5.74) is 0. The molecule has 15 atom stereocenters. The maximum atomic E-state index is 11.5. The number of amides is 1.